The molecule has 108 valence electrons. The number of allylic oxidation sites excluding steroid dienone is 1. The summed E-state index contributed by atoms with van der Waals surface area (Å²) in [6.45, 7) is 3.57. The Balaban J connectivity index is 2.49. The largest absolute Gasteiger partial charge is 0.507 e. The molecule has 1 saturated heterocycles. The van der Waals surface area contributed by atoms with Crippen molar-refractivity contribution in [1.29, 1.82) is 0 Å². The third-order valence-electron chi connectivity index (χ3n) is 2.74. The molecular formula is C14H11NO4S2. The number of benzene rings is 1. The van der Waals surface area contributed by atoms with Crippen LogP contribution in [-0.2, 0) is 11.2 Å². The van der Waals surface area contributed by atoms with Crippen LogP contribution in [0.3, 0.4) is 0 Å². The molecule has 0 radical (unpaired) electrons. The Hall–Kier alpha value is -2.12. The summed E-state index contributed by atoms with van der Waals surface area (Å²) in [7, 11) is 0. The maximum absolute atomic E-state index is 11.6. The number of carboxylic acid groups (broad SMARTS) is 1. The summed E-state index contributed by atoms with van der Waals surface area (Å²) in [4.78, 5) is 23.2. The average molecular weight is 321 g/mol. The summed E-state index contributed by atoms with van der Waals surface area (Å²) in [5.74, 6) is -1.87. The molecule has 1 aliphatic rings. The van der Waals surface area contributed by atoms with Gasteiger partial charge >= 0.3 is 5.97 Å². The molecule has 0 spiro atoms. The van der Waals surface area contributed by atoms with E-state index in [0.717, 1.165) is 11.8 Å². The summed E-state index contributed by atoms with van der Waals surface area (Å²) >= 11 is 6.01. The van der Waals surface area contributed by atoms with Crippen molar-refractivity contribution in [2.45, 2.75) is 6.42 Å². The van der Waals surface area contributed by atoms with Gasteiger partial charge in [-0.3, -0.25) is 4.79 Å². The first-order chi connectivity index (χ1) is 9.92. The number of thioether (sulfide) groups is 1. The summed E-state index contributed by atoms with van der Waals surface area (Å²) < 4.78 is 0.365. The van der Waals surface area contributed by atoms with E-state index < -0.39 is 5.97 Å². The van der Waals surface area contributed by atoms with Crippen molar-refractivity contribution in [3.05, 3.63) is 46.4 Å². The predicted molar refractivity (Wildman–Crippen MR) is 85.3 cm³/mol. The van der Waals surface area contributed by atoms with Crippen LogP contribution in [0.5, 0.6) is 5.75 Å². The third-order valence-corrected chi connectivity index (χ3v) is 3.90. The SMILES string of the molecule is C=CCc1cc(/C=C2\SC(=S)NC2=O)cc(O)c1C(=O)O. The van der Waals surface area contributed by atoms with Gasteiger partial charge in [-0.05, 0) is 29.7 Å². The maximum atomic E-state index is 11.6. The van der Waals surface area contributed by atoms with Gasteiger partial charge in [0.2, 0.25) is 0 Å². The van der Waals surface area contributed by atoms with Crippen molar-refractivity contribution in [1.82, 2.24) is 5.32 Å². The summed E-state index contributed by atoms with van der Waals surface area (Å²) in [6, 6.07) is 2.91. The molecule has 1 aromatic rings. The first-order valence-corrected chi connectivity index (χ1v) is 7.09. The molecule has 0 saturated carbocycles. The van der Waals surface area contributed by atoms with Crippen LogP contribution in [0.25, 0.3) is 6.08 Å². The molecule has 1 heterocycles. The van der Waals surface area contributed by atoms with Crippen LogP contribution in [-0.4, -0.2) is 26.4 Å². The number of nitrogens with one attached hydrogen (secondary N) is 1. The van der Waals surface area contributed by atoms with Crippen LogP contribution in [0, 0.1) is 0 Å². The second kappa shape index (κ2) is 6.11. The minimum absolute atomic E-state index is 0.156. The van der Waals surface area contributed by atoms with Crippen molar-refractivity contribution in [3.63, 3.8) is 0 Å². The summed E-state index contributed by atoms with van der Waals surface area (Å²) in [5, 5.41) is 21.5. The van der Waals surface area contributed by atoms with Crippen LogP contribution >= 0.6 is 24.0 Å². The minimum Gasteiger partial charge on any atom is -0.507 e. The fraction of sp³-hybridized carbons (Fsp3) is 0.0714. The number of carbonyl (C=O) groups excluding carboxylic acids is 1. The van der Waals surface area contributed by atoms with Gasteiger partial charge in [0.15, 0.2) is 0 Å². The van der Waals surface area contributed by atoms with Crippen molar-refractivity contribution < 1.29 is 19.8 Å². The highest BCUT2D eigenvalue weighted by Gasteiger charge is 2.23. The molecule has 0 unspecified atom stereocenters. The fourth-order valence-electron chi connectivity index (χ4n) is 1.93. The zero-order valence-electron chi connectivity index (χ0n) is 10.8. The molecule has 2 rings (SSSR count). The predicted octanol–water partition coefficient (Wildman–Crippen LogP) is 2.31. The lowest BCUT2D eigenvalue weighted by Crippen LogP contribution is -2.17. The van der Waals surface area contributed by atoms with Crippen molar-refractivity contribution in [3.8, 4) is 5.75 Å². The number of carboxylic acids is 1. The number of hydrogen-bond donors (Lipinski definition) is 3. The Morgan fingerprint density at radius 1 is 1.48 bits per heavy atom. The number of carbonyl (C=O) groups is 2. The molecular weight excluding hydrogens is 310 g/mol. The smallest absolute Gasteiger partial charge is 0.339 e. The maximum Gasteiger partial charge on any atom is 0.339 e. The van der Waals surface area contributed by atoms with Gasteiger partial charge in [0, 0.05) is 0 Å². The Labute approximate surface area is 130 Å². The molecule has 0 aromatic heterocycles. The normalized spacial score (nSPS) is 16.1. The lowest BCUT2D eigenvalue weighted by molar-refractivity contribution is -0.115. The highest BCUT2D eigenvalue weighted by Crippen LogP contribution is 2.30. The molecule has 1 amide bonds. The van der Waals surface area contributed by atoms with E-state index >= 15 is 0 Å². The highest BCUT2D eigenvalue weighted by atomic mass is 32.2. The second-order valence-electron chi connectivity index (χ2n) is 4.22. The average Bonchev–Trinajstić information content (AvgIpc) is 2.67. The number of amides is 1. The Morgan fingerprint density at radius 3 is 2.71 bits per heavy atom. The van der Waals surface area contributed by atoms with Gasteiger partial charge in [0.25, 0.3) is 5.91 Å². The molecule has 21 heavy (non-hydrogen) atoms. The van der Waals surface area contributed by atoms with Crippen molar-refractivity contribution in [2.24, 2.45) is 0 Å². The van der Waals surface area contributed by atoms with Gasteiger partial charge in [-0.1, -0.05) is 36.1 Å². The van der Waals surface area contributed by atoms with Crippen LogP contribution in [0.15, 0.2) is 29.7 Å². The lowest BCUT2D eigenvalue weighted by atomic mass is 9.99. The Bertz CT molecular complexity index is 694. The van der Waals surface area contributed by atoms with Gasteiger partial charge in [-0.25, -0.2) is 4.79 Å². The zero-order valence-corrected chi connectivity index (χ0v) is 12.4. The lowest BCUT2D eigenvalue weighted by Gasteiger charge is -2.08. The number of aromatic hydroxyl groups is 1. The molecule has 0 bridgehead atoms. The molecule has 5 nitrogen and oxygen atoms in total. The van der Waals surface area contributed by atoms with E-state index in [2.05, 4.69) is 11.9 Å². The molecule has 3 N–H and O–H groups in total. The Kier molecular flexibility index (Phi) is 4.44. The number of hydrogen-bond acceptors (Lipinski definition) is 5. The fourth-order valence-corrected chi connectivity index (χ4v) is 2.97. The molecule has 0 atom stereocenters. The van der Waals surface area contributed by atoms with E-state index in [9.17, 15) is 14.7 Å². The first kappa shape index (κ1) is 15.3. The molecule has 1 aromatic carbocycles. The number of rotatable bonds is 4. The molecule has 1 fully saturated rings. The van der Waals surface area contributed by atoms with E-state index in [4.69, 9.17) is 17.3 Å². The van der Waals surface area contributed by atoms with Crippen LogP contribution < -0.4 is 5.32 Å². The Morgan fingerprint density at radius 2 is 2.19 bits per heavy atom. The number of aromatic carboxylic acids is 1. The van der Waals surface area contributed by atoms with Gasteiger partial charge in [-0.15, -0.1) is 6.58 Å². The van der Waals surface area contributed by atoms with E-state index in [0.29, 0.717) is 26.8 Å². The van der Waals surface area contributed by atoms with Gasteiger partial charge < -0.3 is 15.5 Å². The quantitative estimate of drug-likeness (QED) is 0.448. The third kappa shape index (κ3) is 3.32. The first-order valence-electron chi connectivity index (χ1n) is 5.87. The monoisotopic (exact) mass is 321 g/mol. The number of thiocarbonyl (C=S) groups is 1. The minimum atomic E-state index is -1.21. The van der Waals surface area contributed by atoms with E-state index in [1.165, 1.54) is 6.07 Å². The van der Waals surface area contributed by atoms with Crippen LogP contribution in [0.1, 0.15) is 21.5 Å². The van der Waals surface area contributed by atoms with Crippen molar-refractivity contribution >= 4 is 46.3 Å². The standard InChI is InChI=1S/C14H11NO4S2/c1-2-3-8-4-7(5-9(16)11(8)13(18)19)6-10-12(17)15-14(20)21-10/h2,4-6,16H,1,3H2,(H,18,19)(H,15,17,20)/b10-6-. The van der Waals surface area contributed by atoms with E-state index in [1.807, 2.05) is 0 Å². The number of phenols is 1. The second-order valence-corrected chi connectivity index (χ2v) is 5.94. The van der Waals surface area contributed by atoms with Crippen LogP contribution in [0.4, 0.5) is 0 Å². The van der Waals surface area contributed by atoms with Gasteiger partial charge in [-0.2, -0.15) is 0 Å². The van der Waals surface area contributed by atoms with Crippen LogP contribution in [0.2, 0.25) is 0 Å². The van der Waals surface area contributed by atoms with E-state index in [-0.39, 0.29) is 17.2 Å². The topological polar surface area (TPSA) is 86.6 Å². The van der Waals surface area contributed by atoms with E-state index in [1.54, 1.807) is 18.2 Å². The van der Waals surface area contributed by atoms with Gasteiger partial charge in [0.05, 0.1) is 4.91 Å². The summed E-state index contributed by atoms with van der Waals surface area (Å²) in [6.07, 6.45) is 3.39. The molecule has 1 aliphatic heterocycles. The zero-order chi connectivity index (χ0) is 15.6. The highest BCUT2D eigenvalue weighted by molar-refractivity contribution is 8.26. The van der Waals surface area contributed by atoms with Gasteiger partial charge in [0.1, 0.15) is 15.6 Å². The molecule has 0 aliphatic carbocycles. The summed E-state index contributed by atoms with van der Waals surface area (Å²) in [5.41, 5.74) is 0.795. The van der Waals surface area contributed by atoms with Crippen molar-refractivity contribution in [2.75, 3.05) is 0 Å². The molecule has 7 heteroatoms.